The zero-order valence-electron chi connectivity index (χ0n) is 29.3. The lowest BCUT2D eigenvalue weighted by Crippen LogP contribution is -2.42. The van der Waals surface area contributed by atoms with Crippen LogP contribution >= 0.6 is 0 Å². The number of unbranched alkanes of at least 4 members (excludes halogenated alkanes) is 10. The van der Waals surface area contributed by atoms with E-state index in [1.54, 1.807) is 0 Å². The summed E-state index contributed by atoms with van der Waals surface area (Å²) in [5.74, 6) is 1.22. The summed E-state index contributed by atoms with van der Waals surface area (Å²) in [6.45, 7) is 8.99. The van der Waals surface area contributed by atoms with Crippen molar-refractivity contribution in [1.29, 1.82) is 0 Å². The Hall–Kier alpha value is -3.78. The van der Waals surface area contributed by atoms with Gasteiger partial charge in [0.15, 0.2) is 0 Å². The van der Waals surface area contributed by atoms with Gasteiger partial charge in [-0.2, -0.15) is 0 Å². The van der Waals surface area contributed by atoms with Crippen LogP contribution in [0.2, 0.25) is 0 Å². The predicted octanol–water partition coefficient (Wildman–Crippen LogP) is 13.9. The van der Waals surface area contributed by atoms with Crippen molar-refractivity contribution in [3.8, 4) is 33.8 Å². The highest BCUT2D eigenvalue weighted by Crippen LogP contribution is 2.48. The van der Waals surface area contributed by atoms with Gasteiger partial charge in [-0.05, 0) is 88.7 Å². The van der Waals surface area contributed by atoms with E-state index in [-0.39, 0.29) is 0 Å². The van der Waals surface area contributed by atoms with E-state index >= 15 is 0 Å². The Balaban J connectivity index is 1.44. The molecule has 246 valence electrons. The third-order valence-electron chi connectivity index (χ3n) is 10.3. The van der Waals surface area contributed by atoms with Crippen LogP contribution in [-0.4, -0.2) is 5.79 Å². The van der Waals surface area contributed by atoms with Crippen molar-refractivity contribution in [3.05, 3.63) is 96.1 Å². The fourth-order valence-corrected chi connectivity index (χ4v) is 7.68. The zero-order valence-corrected chi connectivity index (χ0v) is 29.3. The monoisotopic (exact) mass is 626 g/mol. The highest BCUT2D eigenvalue weighted by atomic mass is 16.7. The van der Waals surface area contributed by atoms with E-state index in [0.717, 1.165) is 48.3 Å². The molecule has 0 saturated heterocycles. The van der Waals surface area contributed by atoms with Gasteiger partial charge >= 0.3 is 0 Å². The highest BCUT2D eigenvalue weighted by molar-refractivity contribution is 6.15. The highest BCUT2D eigenvalue weighted by Gasteiger charge is 2.38. The maximum absolute atomic E-state index is 7.31. The second-order valence-electron chi connectivity index (χ2n) is 14.0. The second kappa shape index (κ2) is 15.4. The molecule has 1 heterocycles. The quantitative estimate of drug-likeness (QED) is 0.0850. The molecule has 0 spiro atoms. The molecule has 0 unspecified atom stereocenters. The number of hydrogen-bond acceptors (Lipinski definition) is 2. The first kappa shape index (κ1) is 33.1. The van der Waals surface area contributed by atoms with Crippen LogP contribution in [0.1, 0.15) is 115 Å². The third kappa shape index (κ3) is 7.38. The molecule has 0 amide bonds. The Bertz CT molecular complexity index is 1720. The molecule has 0 radical (unpaired) electrons. The average Bonchev–Trinajstić information content (AvgIpc) is 3.21. The maximum Gasteiger partial charge on any atom is 0.251 e. The first-order valence-corrected chi connectivity index (χ1v) is 18.6. The first-order chi connectivity index (χ1) is 23.0. The second-order valence-corrected chi connectivity index (χ2v) is 14.0. The van der Waals surface area contributed by atoms with Gasteiger partial charge in [0.05, 0.1) is 0 Å². The van der Waals surface area contributed by atoms with E-state index in [4.69, 9.17) is 9.47 Å². The molecule has 0 saturated carbocycles. The van der Waals surface area contributed by atoms with Gasteiger partial charge in [-0.15, -0.1) is 0 Å². The van der Waals surface area contributed by atoms with E-state index in [9.17, 15) is 0 Å². The standard InChI is InChI=1S/C45H54O2/c1-5-7-9-11-13-19-29-45(30-20-14-12-10-8-6-2)46-42-31-33(3)25-27-38(42)39-28-26-35(32-43(39)47-45)44-40-23-17-15-21-36(40)34(4)37-22-16-18-24-41(37)44/h15-18,21-28,31-32H,5-14,19-20,29-30H2,1-4H3. The van der Waals surface area contributed by atoms with E-state index in [1.807, 2.05) is 0 Å². The summed E-state index contributed by atoms with van der Waals surface area (Å²) in [7, 11) is 0. The third-order valence-corrected chi connectivity index (χ3v) is 10.3. The van der Waals surface area contributed by atoms with Crippen LogP contribution in [0.15, 0.2) is 84.9 Å². The molecule has 0 aliphatic carbocycles. The minimum Gasteiger partial charge on any atom is -0.452 e. The van der Waals surface area contributed by atoms with Crippen molar-refractivity contribution in [1.82, 2.24) is 0 Å². The molecule has 1 aliphatic rings. The number of aryl methyl sites for hydroxylation is 2. The Kier molecular flexibility index (Phi) is 10.9. The molecule has 2 heteroatoms. The van der Waals surface area contributed by atoms with Gasteiger partial charge in [0.2, 0.25) is 0 Å². The number of rotatable bonds is 15. The molecular weight excluding hydrogens is 572 g/mol. The molecule has 2 nitrogen and oxygen atoms in total. The SMILES string of the molecule is CCCCCCCCC1(CCCCCCCC)Oc2cc(C)ccc2-c2ccc(-c3c4ccccc4c(C)c4ccccc34)cc2O1. The van der Waals surface area contributed by atoms with Gasteiger partial charge in [0, 0.05) is 24.0 Å². The lowest BCUT2D eigenvalue weighted by molar-refractivity contribution is -0.125. The summed E-state index contributed by atoms with van der Waals surface area (Å²) in [6.07, 6.45) is 16.9. The van der Waals surface area contributed by atoms with Crippen molar-refractivity contribution in [2.45, 2.75) is 123 Å². The Morgan fingerprint density at radius 2 is 0.957 bits per heavy atom. The summed E-state index contributed by atoms with van der Waals surface area (Å²) in [4.78, 5) is 0. The number of benzene rings is 5. The molecule has 6 rings (SSSR count). The zero-order chi connectivity index (χ0) is 32.6. The lowest BCUT2D eigenvalue weighted by atomic mass is 9.88. The molecule has 0 bridgehead atoms. The summed E-state index contributed by atoms with van der Waals surface area (Å²) >= 11 is 0. The number of ether oxygens (including phenoxy) is 2. The van der Waals surface area contributed by atoms with Crippen LogP contribution in [-0.2, 0) is 0 Å². The largest absolute Gasteiger partial charge is 0.452 e. The van der Waals surface area contributed by atoms with Gasteiger partial charge in [-0.3, -0.25) is 0 Å². The van der Waals surface area contributed by atoms with Crippen LogP contribution in [0.5, 0.6) is 11.5 Å². The Labute approximate surface area is 283 Å². The minimum atomic E-state index is -0.681. The normalized spacial score (nSPS) is 13.5. The molecular formula is C45H54O2. The molecule has 0 fully saturated rings. The van der Waals surface area contributed by atoms with Gasteiger partial charge in [0.1, 0.15) is 11.5 Å². The fraction of sp³-hybridized carbons (Fsp3) is 0.422. The molecule has 1 aliphatic heterocycles. The Morgan fingerprint density at radius 3 is 1.51 bits per heavy atom. The van der Waals surface area contributed by atoms with Crippen LogP contribution in [0.4, 0.5) is 0 Å². The maximum atomic E-state index is 7.31. The predicted molar refractivity (Wildman–Crippen MR) is 202 cm³/mol. The molecule has 0 aromatic heterocycles. The molecule has 47 heavy (non-hydrogen) atoms. The van der Waals surface area contributed by atoms with Crippen molar-refractivity contribution < 1.29 is 9.47 Å². The van der Waals surface area contributed by atoms with Crippen LogP contribution < -0.4 is 9.47 Å². The van der Waals surface area contributed by atoms with E-state index in [1.165, 1.54) is 108 Å². The van der Waals surface area contributed by atoms with Crippen LogP contribution in [0, 0.1) is 13.8 Å². The van der Waals surface area contributed by atoms with Gasteiger partial charge in [-0.1, -0.05) is 145 Å². The van der Waals surface area contributed by atoms with Crippen molar-refractivity contribution in [2.24, 2.45) is 0 Å². The van der Waals surface area contributed by atoms with Crippen molar-refractivity contribution >= 4 is 21.5 Å². The average molecular weight is 627 g/mol. The van der Waals surface area contributed by atoms with Crippen molar-refractivity contribution in [2.75, 3.05) is 0 Å². The topological polar surface area (TPSA) is 18.5 Å². The molecule has 5 aromatic rings. The summed E-state index contributed by atoms with van der Waals surface area (Å²) in [5.41, 5.74) is 7.27. The smallest absolute Gasteiger partial charge is 0.251 e. The minimum absolute atomic E-state index is 0.681. The van der Waals surface area contributed by atoms with Gasteiger partial charge < -0.3 is 9.47 Å². The molecule has 0 N–H and O–H groups in total. The van der Waals surface area contributed by atoms with Gasteiger partial charge in [-0.25, -0.2) is 0 Å². The summed E-state index contributed by atoms with van der Waals surface area (Å²) < 4.78 is 14.5. The molecule has 5 aromatic carbocycles. The number of fused-ring (bicyclic) bond motifs is 5. The first-order valence-electron chi connectivity index (χ1n) is 18.6. The molecule has 0 atom stereocenters. The van der Waals surface area contributed by atoms with Crippen molar-refractivity contribution in [3.63, 3.8) is 0 Å². The Morgan fingerprint density at radius 1 is 0.489 bits per heavy atom. The van der Waals surface area contributed by atoms with Crippen LogP contribution in [0.25, 0.3) is 43.8 Å². The van der Waals surface area contributed by atoms with E-state index in [2.05, 4.69) is 113 Å². The van der Waals surface area contributed by atoms with E-state index < -0.39 is 5.79 Å². The summed E-state index contributed by atoms with van der Waals surface area (Å²) in [6, 6.07) is 31.3. The lowest BCUT2D eigenvalue weighted by Gasteiger charge is -2.34. The fourth-order valence-electron chi connectivity index (χ4n) is 7.68. The van der Waals surface area contributed by atoms with Crippen LogP contribution in [0.3, 0.4) is 0 Å². The van der Waals surface area contributed by atoms with Gasteiger partial charge in [0.25, 0.3) is 5.79 Å². The summed E-state index contributed by atoms with van der Waals surface area (Å²) in [5, 5.41) is 5.19. The van der Waals surface area contributed by atoms with E-state index in [0.29, 0.717) is 0 Å². The number of hydrogen-bond donors (Lipinski definition) is 0.